The summed E-state index contributed by atoms with van der Waals surface area (Å²) in [6.45, 7) is 0. The Hall–Kier alpha value is -2.37. The molecule has 0 spiro atoms. The zero-order chi connectivity index (χ0) is 11.4. The lowest BCUT2D eigenvalue weighted by molar-refractivity contribution is 0.102. The molecule has 0 aliphatic carbocycles. The van der Waals surface area contributed by atoms with Gasteiger partial charge in [-0.15, -0.1) is 0 Å². The van der Waals surface area contributed by atoms with Crippen molar-refractivity contribution in [3.63, 3.8) is 0 Å². The number of aromatic nitrogens is 3. The van der Waals surface area contributed by atoms with Crippen molar-refractivity contribution in [2.24, 2.45) is 0 Å². The molecule has 0 fully saturated rings. The number of hydrogen-bond donors (Lipinski definition) is 3. The minimum atomic E-state index is -0.212. The Kier molecular flexibility index (Phi) is 2.81. The summed E-state index contributed by atoms with van der Waals surface area (Å²) in [6.07, 6.45) is 4.65. The smallest absolute Gasteiger partial charge is 0.257 e. The van der Waals surface area contributed by atoms with Gasteiger partial charge in [-0.25, -0.2) is 4.98 Å². The maximum atomic E-state index is 11.7. The van der Waals surface area contributed by atoms with Gasteiger partial charge in [0.1, 0.15) is 5.82 Å². The molecule has 0 saturated heterocycles. The minimum absolute atomic E-state index is 0.212. The van der Waals surface area contributed by atoms with Crippen LogP contribution >= 0.6 is 0 Å². The summed E-state index contributed by atoms with van der Waals surface area (Å²) in [5, 5.41) is 11.9. The molecule has 2 rings (SSSR count). The van der Waals surface area contributed by atoms with Gasteiger partial charge in [-0.1, -0.05) is 0 Å². The highest BCUT2D eigenvalue weighted by atomic mass is 16.1. The second-order valence-corrected chi connectivity index (χ2v) is 3.12. The molecule has 0 aromatic carbocycles. The SMILES string of the molecule is CNc1ccc(C(=O)Nc2cn[nH]c2)cn1. The average Bonchev–Trinajstić information content (AvgIpc) is 2.82. The van der Waals surface area contributed by atoms with Crippen LogP contribution in [0.15, 0.2) is 30.7 Å². The van der Waals surface area contributed by atoms with E-state index in [1.807, 2.05) is 0 Å². The minimum Gasteiger partial charge on any atom is -0.373 e. The van der Waals surface area contributed by atoms with Gasteiger partial charge in [0, 0.05) is 19.4 Å². The largest absolute Gasteiger partial charge is 0.373 e. The quantitative estimate of drug-likeness (QED) is 0.719. The van der Waals surface area contributed by atoms with Crippen LogP contribution in [0, 0.1) is 0 Å². The number of pyridine rings is 1. The van der Waals surface area contributed by atoms with E-state index in [0.29, 0.717) is 11.3 Å². The predicted molar refractivity (Wildman–Crippen MR) is 60.3 cm³/mol. The van der Waals surface area contributed by atoms with E-state index in [4.69, 9.17) is 0 Å². The van der Waals surface area contributed by atoms with Gasteiger partial charge in [0.15, 0.2) is 0 Å². The molecule has 0 unspecified atom stereocenters. The van der Waals surface area contributed by atoms with Crippen LogP contribution in [0.4, 0.5) is 11.5 Å². The van der Waals surface area contributed by atoms with Crippen LogP contribution < -0.4 is 10.6 Å². The summed E-state index contributed by atoms with van der Waals surface area (Å²) >= 11 is 0. The molecule has 6 nitrogen and oxygen atoms in total. The summed E-state index contributed by atoms with van der Waals surface area (Å²) in [7, 11) is 1.77. The number of anilines is 2. The number of rotatable bonds is 3. The Morgan fingerprint density at radius 1 is 1.38 bits per heavy atom. The Bertz CT molecular complexity index is 462. The zero-order valence-electron chi connectivity index (χ0n) is 8.69. The molecule has 0 aliphatic rings. The van der Waals surface area contributed by atoms with Crippen LogP contribution in [0.3, 0.4) is 0 Å². The molecule has 1 amide bonds. The van der Waals surface area contributed by atoms with E-state index in [2.05, 4.69) is 25.8 Å². The van der Waals surface area contributed by atoms with Gasteiger partial charge >= 0.3 is 0 Å². The number of amides is 1. The molecular weight excluding hydrogens is 206 g/mol. The Balaban J connectivity index is 2.09. The highest BCUT2D eigenvalue weighted by Crippen LogP contribution is 2.07. The molecule has 2 heterocycles. The second kappa shape index (κ2) is 4.43. The third kappa shape index (κ3) is 2.17. The Labute approximate surface area is 92.1 Å². The Morgan fingerprint density at radius 3 is 2.81 bits per heavy atom. The maximum absolute atomic E-state index is 11.7. The first-order valence-electron chi connectivity index (χ1n) is 4.73. The fraction of sp³-hybridized carbons (Fsp3) is 0.100. The standard InChI is InChI=1S/C10H11N5O/c1-11-9-3-2-7(4-12-9)10(16)15-8-5-13-14-6-8/h2-6H,1H3,(H,11,12)(H,13,14)(H,15,16). The highest BCUT2D eigenvalue weighted by molar-refractivity contribution is 6.03. The molecule has 16 heavy (non-hydrogen) atoms. The molecule has 0 radical (unpaired) electrons. The summed E-state index contributed by atoms with van der Waals surface area (Å²) < 4.78 is 0. The third-order valence-corrected chi connectivity index (χ3v) is 2.04. The second-order valence-electron chi connectivity index (χ2n) is 3.12. The van der Waals surface area contributed by atoms with Gasteiger partial charge in [0.05, 0.1) is 17.4 Å². The van der Waals surface area contributed by atoms with Crippen LogP contribution in [0.5, 0.6) is 0 Å². The number of nitrogens with one attached hydrogen (secondary N) is 3. The molecule has 2 aromatic heterocycles. The van der Waals surface area contributed by atoms with E-state index in [1.165, 1.54) is 12.4 Å². The van der Waals surface area contributed by atoms with Gasteiger partial charge in [-0.05, 0) is 12.1 Å². The van der Waals surface area contributed by atoms with Gasteiger partial charge in [-0.2, -0.15) is 5.10 Å². The van der Waals surface area contributed by atoms with Crippen LogP contribution in [0.2, 0.25) is 0 Å². The van der Waals surface area contributed by atoms with E-state index in [0.717, 1.165) is 5.82 Å². The lowest BCUT2D eigenvalue weighted by Gasteiger charge is -2.03. The molecule has 2 aromatic rings. The van der Waals surface area contributed by atoms with Crippen LogP contribution in [-0.4, -0.2) is 28.1 Å². The number of carbonyl (C=O) groups excluding carboxylic acids is 1. The number of H-pyrrole nitrogens is 1. The van der Waals surface area contributed by atoms with Gasteiger partial charge in [0.2, 0.25) is 0 Å². The van der Waals surface area contributed by atoms with Gasteiger partial charge < -0.3 is 10.6 Å². The Morgan fingerprint density at radius 2 is 2.25 bits per heavy atom. The van der Waals surface area contributed by atoms with E-state index in [1.54, 1.807) is 25.4 Å². The normalized spacial score (nSPS) is 9.81. The maximum Gasteiger partial charge on any atom is 0.257 e. The van der Waals surface area contributed by atoms with Crippen LogP contribution in [-0.2, 0) is 0 Å². The van der Waals surface area contributed by atoms with E-state index in [-0.39, 0.29) is 5.91 Å². The van der Waals surface area contributed by atoms with Crippen molar-refractivity contribution in [3.8, 4) is 0 Å². The number of aromatic amines is 1. The molecule has 0 bridgehead atoms. The van der Waals surface area contributed by atoms with Gasteiger partial charge in [-0.3, -0.25) is 9.89 Å². The first kappa shape index (κ1) is 10.2. The van der Waals surface area contributed by atoms with Crippen molar-refractivity contribution in [2.45, 2.75) is 0 Å². The molecule has 0 aliphatic heterocycles. The lowest BCUT2D eigenvalue weighted by atomic mass is 10.2. The highest BCUT2D eigenvalue weighted by Gasteiger charge is 2.06. The average molecular weight is 217 g/mol. The van der Waals surface area contributed by atoms with Crippen molar-refractivity contribution < 1.29 is 4.79 Å². The first-order chi connectivity index (χ1) is 7.79. The summed E-state index contributed by atoms with van der Waals surface area (Å²) in [6, 6.07) is 3.44. The molecule has 0 saturated carbocycles. The predicted octanol–water partition coefficient (Wildman–Crippen LogP) is 1.10. The summed E-state index contributed by atoms with van der Waals surface area (Å²) in [5.41, 5.74) is 1.13. The molecule has 82 valence electrons. The van der Waals surface area contributed by atoms with E-state index in [9.17, 15) is 4.79 Å². The monoisotopic (exact) mass is 217 g/mol. The van der Waals surface area contributed by atoms with Crippen molar-refractivity contribution in [3.05, 3.63) is 36.3 Å². The summed E-state index contributed by atoms with van der Waals surface area (Å²) in [5.74, 6) is 0.511. The van der Waals surface area contributed by atoms with Crippen molar-refractivity contribution >= 4 is 17.4 Å². The molecule has 3 N–H and O–H groups in total. The molecule has 6 heteroatoms. The van der Waals surface area contributed by atoms with E-state index < -0.39 is 0 Å². The van der Waals surface area contributed by atoms with Crippen molar-refractivity contribution in [1.82, 2.24) is 15.2 Å². The van der Waals surface area contributed by atoms with Crippen LogP contribution in [0.1, 0.15) is 10.4 Å². The van der Waals surface area contributed by atoms with Gasteiger partial charge in [0.25, 0.3) is 5.91 Å². The van der Waals surface area contributed by atoms with E-state index >= 15 is 0 Å². The number of carbonyl (C=O) groups is 1. The van der Waals surface area contributed by atoms with Crippen molar-refractivity contribution in [2.75, 3.05) is 17.7 Å². The fourth-order valence-electron chi connectivity index (χ4n) is 1.20. The molecular formula is C10H11N5O. The first-order valence-corrected chi connectivity index (χ1v) is 4.73. The summed E-state index contributed by atoms with van der Waals surface area (Å²) in [4.78, 5) is 15.8. The van der Waals surface area contributed by atoms with Crippen LogP contribution in [0.25, 0.3) is 0 Å². The number of nitrogens with zero attached hydrogens (tertiary/aromatic N) is 2. The zero-order valence-corrected chi connectivity index (χ0v) is 8.69. The third-order valence-electron chi connectivity index (χ3n) is 2.04. The molecule has 0 atom stereocenters. The van der Waals surface area contributed by atoms with Crippen molar-refractivity contribution in [1.29, 1.82) is 0 Å². The fourth-order valence-corrected chi connectivity index (χ4v) is 1.20. The lowest BCUT2D eigenvalue weighted by Crippen LogP contribution is -2.11. The number of hydrogen-bond acceptors (Lipinski definition) is 4. The topological polar surface area (TPSA) is 82.7 Å².